The first-order chi connectivity index (χ1) is 9.18. The van der Waals surface area contributed by atoms with Gasteiger partial charge in [-0.3, -0.25) is 0 Å². The number of nitrogens with zero attached hydrogens (tertiary/aromatic N) is 2. The fourth-order valence-corrected chi connectivity index (χ4v) is 1.43. The summed E-state index contributed by atoms with van der Waals surface area (Å²) in [6.07, 6.45) is 3.86. The second kappa shape index (κ2) is 8.97. The zero-order valence-corrected chi connectivity index (χ0v) is 11.5. The molecule has 19 heavy (non-hydrogen) atoms. The second-order valence-electron chi connectivity index (χ2n) is 4.43. The Morgan fingerprint density at radius 1 is 1.37 bits per heavy atom. The van der Waals surface area contributed by atoms with Crippen LogP contribution >= 0.6 is 0 Å². The second-order valence-corrected chi connectivity index (χ2v) is 4.43. The monoisotopic (exact) mass is 261 g/mol. The van der Waals surface area contributed by atoms with Crippen LogP contribution in [0.25, 0.3) is 0 Å². The normalized spacial score (nSPS) is 11.1. The van der Waals surface area contributed by atoms with Crippen LogP contribution in [0.5, 0.6) is 0 Å². The van der Waals surface area contributed by atoms with Crippen LogP contribution in [0.3, 0.4) is 0 Å². The van der Waals surface area contributed by atoms with E-state index < -0.39 is 0 Å². The molecule has 5 nitrogen and oxygen atoms in total. The number of nitrogens with two attached hydrogens (primary N) is 1. The summed E-state index contributed by atoms with van der Waals surface area (Å²) in [5, 5.41) is 6.34. The summed E-state index contributed by atoms with van der Waals surface area (Å²) in [5.74, 6) is 1.40. The summed E-state index contributed by atoms with van der Waals surface area (Å²) >= 11 is 0. The molecule has 0 radical (unpaired) electrons. The molecular weight excluding hydrogens is 238 g/mol. The third kappa shape index (κ3) is 7.81. The highest BCUT2D eigenvalue weighted by Gasteiger charge is 1.93. The lowest BCUT2D eigenvalue weighted by molar-refractivity contribution is 0.726. The summed E-state index contributed by atoms with van der Waals surface area (Å²) in [4.78, 5) is 8.34. The molecule has 1 heterocycles. The number of unbranched alkanes of at least 4 members (excludes halogenated alkanes) is 1. The van der Waals surface area contributed by atoms with E-state index in [9.17, 15) is 0 Å². The molecule has 0 spiro atoms. The minimum Gasteiger partial charge on any atom is -0.370 e. The summed E-state index contributed by atoms with van der Waals surface area (Å²) < 4.78 is 0. The van der Waals surface area contributed by atoms with Crippen molar-refractivity contribution in [2.75, 3.05) is 25.0 Å². The van der Waals surface area contributed by atoms with E-state index in [1.54, 1.807) is 6.20 Å². The number of anilines is 1. The fraction of sp³-hybridized carbons (Fsp3) is 0.429. The Balaban J connectivity index is 2.02. The number of hydrogen-bond acceptors (Lipinski definition) is 3. The SMILES string of the molecule is C=C(C)CN=C(N)NCCCCNc1ccccn1. The topological polar surface area (TPSA) is 75.3 Å². The molecule has 0 amide bonds. The minimum atomic E-state index is 0.487. The van der Waals surface area contributed by atoms with E-state index in [1.807, 2.05) is 25.1 Å². The minimum absolute atomic E-state index is 0.487. The number of rotatable bonds is 8. The Morgan fingerprint density at radius 3 is 2.84 bits per heavy atom. The Bertz CT molecular complexity index is 400. The molecule has 1 aromatic heterocycles. The molecule has 1 rings (SSSR count). The van der Waals surface area contributed by atoms with Gasteiger partial charge in [0.25, 0.3) is 0 Å². The molecule has 0 aliphatic rings. The van der Waals surface area contributed by atoms with Crippen molar-refractivity contribution in [3.8, 4) is 0 Å². The van der Waals surface area contributed by atoms with Crippen molar-refractivity contribution in [3.63, 3.8) is 0 Å². The number of pyridine rings is 1. The van der Waals surface area contributed by atoms with E-state index in [-0.39, 0.29) is 0 Å². The van der Waals surface area contributed by atoms with Crippen molar-refractivity contribution >= 4 is 11.8 Å². The van der Waals surface area contributed by atoms with Crippen molar-refractivity contribution in [3.05, 3.63) is 36.5 Å². The number of aliphatic imine (C=N–C) groups is 1. The zero-order chi connectivity index (χ0) is 13.9. The van der Waals surface area contributed by atoms with Gasteiger partial charge in [0.2, 0.25) is 0 Å². The van der Waals surface area contributed by atoms with Gasteiger partial charge in [-0.1, -0.05) is 18.2 Å². The first-order valence-corrected chi connectivity index (χ1v) is 6.51. The standard InChI is InChI=1S/C14H23N5/c1-12(2)11-19-14(15)18-10-6-5-9-17-13-7-3-4-8-16-13/h3-4,7-8H,1,5-6,9-11H2,2H3,(H,16,17)(H3,15,18,19). The van der Waals surface area contributed by atoms with Gasteiger partial charge >= 0.3 is 0 Å². The van der Waals surface area contributed by atoms with Crippen molar-refractivity contribution in [2.45, 2.75) is 19.8 Å². The lowest BCUT2D eigenvalue weighted by Crippen LogP contribution is -2.32. The molecule has 0 unspecified atom stereocenters. The predicted molar refractivity (Wildman–Crippen MR) is 81.3 cm³/mol. The number of aromatic nitrogens is 1. The smallest absolute Gasteiger partial charge is 0.188 e. The summed E-state index contributed by atoms with van der Waals surface area (Å²) in [6.45, 7) is 8.02. The molecule has 4 N–H and O–H groups in total. The van der Waals surface area contributed by atoms with Crippen LogP contribution in [-0.4, -0.2) is 30.6 Å². The van der Waals surface area contributed by atoms with Crippen LogP contribution in [0.4, 0.5) is 5.82 Å². The van der Waals surface area contributed by atoms with Crippen molar-refractivity contribution < 1.29 is 0 Å². The van der Waals surface area contributed by atoms with Gasteiger partial charge in [-0.15, -0.1) is 0 Å². The Morgan fingerprint density at radius 2 is 2.16 bits per heavy atom. The van der Waals surface area contributed by atoms with Gasteiger partial charge in [0.15, 0.2) is 5.96 Å². The molecule has 0 aliphatic carbocycles. The van der Waals surface area contributed by atoms with Crippen LogP contribution in [-0.2, 0) is 0 Å². The summed E-state index contributed by atoms with van der Waals surface area (Å²) in [6, 6.07) is 5.83. The molecule has 0 saturated carbocycles. The highest BCUT2D eigenvalue weighted by Crippen LogP contribution is 1.99. The number of hydrogen-bond donors (Lipinski definition) is 3. The van der Waals surface area contributed by atoms with Crippen LogP contribution in [0.15, 0.2) is 41.5 Å². The lowest BCUT2D eigenvalue weighted by Gasteiger charge is -2.07. The first-order valence-electron chi connectivity index (χ1n) is 6.51. The number of nitrogens with one attached hydrogen (secondary N) is 2. The fourth-order valence-electron chi connectivity index (χ4n) is 1.43. The van der Waals surface area contributed by atoms with E-state index in [4.69, 9.17) is 5.73 Å². The van der Waals surface area contributed by atoms with E-state index in [0.29, 0.717) is 12.5 Å². The molecule has 1 aromatic rings. The third-order valence-electron chi connectivity index (χ3n) is 2.40. The summed E-state index contributed by atoms with van der Waals surface area (Å²) in [5.41, 5.74) is 6.70. The van der Waals surface area contributed by atoms with Gasteiger partial charge in [-0.25, -0.2) is 9.98 Å². The van der Waals surface area contributed by atoms with Gasteiger partial charge in [-0.2, -0.15) is 0 Å². The molecule has 0 aromatic carbocycles. The highest BCUT2D eigenvalue weighted by molar-refractivity contribution is 5.77. The third-order valence-corrected chi connectivity index (χ3v) is 2.40. The maximum absolute atomic E-state index is 5.70. The Labute approximate surface area is 115 Å². The van der Waals surface area contributed by atoms with E-state index in [2.05, 4.69) is 27.2 Å². The summed E-state index contributed by atoms with van der Waals surface area (Å²) in [7, 11) is 0. The van der Waals surface area contributed by atoms with Gasteiger partial charge in [0.05, 0.1) is 6.54 Å². The van der Waals surface area contributed by atoms with Crippen LogP contribution in [0.1, 0.15) is 19.8 Å². The van der Waals surface area contributed by atoms with E-state index >= 15 is 0 Å². The van der Waals surface area contributed by atoms with Crippen LogP contribution in [0, 0.1) is 0 Å². The predicted octanol–water partition coefficient (Wildman–Crippen LogP) is 1.75. The van der Waals surface area contributed by atoms with Crippen molar-refractivity contribution in [2.24, 2.45) is 10.7 Å². The van der Waals surface area contributed by atoms with Gasteiger partial charge in [-0.05, 0) is 31.9 Å². The van der Waals surface area contributed by atoms with Gasteiger partial charge < -0.3 is 16.4 Å². The van der Waals surface area contributed by atoms with E-state index in [1.165, 1.54) is 0 Å². The quantitative estimate of drug-likeness (QED) is 0.288. The molecule has 0 bridgehead atoms. The van der Waals surface area contributed by atoms with Gasteiger partial charge in [0, 0.05) is 19.3 Å². The molecule has 5 heteroatoms. The Hall–Kier alpha value is -2.04. The Kier molecular flexibility index (Phi) is 7.09. The highest BCUT2D eigenvalue weighted by atomic mass is 15.1. The molecule has 0 fully saturated rings. The maximum Gasteiger partial charge on any atom is 0.188 e. The lowest BCUT2D eigenvalue weighted by atomic mass is 10.3. The largest absolute Gasteiger partial charge is 0.370 e. The maximum atomic E-state index is 5.70. The molecule has 0 saturated heterocycles. The average molecular weight is 261 g/mol. The molecule has 104 valence electrons. The first kappa shape index (κ1) is 15.0. The van der Waals surface area contributed by atoms with E-state index in [0.717, 1.165) is 37.3 Å². The zero-order valence-electron chi connectivity index (χ0n) is 11.5. The molecule has 0 aliphatic heterocycles. The number of guanidine groups is 1. The molecular formula is C14H23N5. The van der Waals surface area contributed by atoms with Gasteiger partial charge in [0.1, 0.15) is 5.82 Å². The van der Waals surface area contributed by atoms with Crippen LogP contribution < -0.4 is 16.4 Å². The average Bonchev–Trinajstić information content (AvgIpc) is 2.41. The van der Waals surface area contributed by atoms with Crippen molar-refractivity contribution in [1.82, 2.24) is 10.3 Å². The van der Waals surface area contributed by atoms with Crippen LogP contribution in [0.2, 0.25) is 0 Å². The molecule has 0 atom stereocenters. The van der Waals surface area contributed by atoms with Crippen molar-refractivity contribution in [1.29, 1.82) is 0 Å².